The maximum absolute atomic E-state index is 13.0. The second-order valence-corrected chi connectivity index (χ2v) is 5.18. The Bertz CT molecular complexity index is 494. The van der Waals surface area contributed by atoms with Crippen molar-refractivity contribution in [3.63, 3.8) is 0 Å². The molecule has 0 aliphatic carbocycles. The smallest absolute Gasteiger partial charge is 0.141 e. The third-order valence-corrected chi connectivity index (χ3v) is 3.47. The first-order valence-electron chi connectivity index (χ1n) is 6.65. The Balaban J connectivity index is 1.94. The van der Waals surface area contributed by atoms with Crippen LogP contribution in [0.15, 0.2) is 36.1 Å². The number of benzene rings is 1. The lowest BCUT2D eigenvalue weighted by Crippen LogP contribution is -2.11. The van der Waals surface area contributed by atoms with E-state index in [4.69, 9.17) is 16.3 Å². The number of ether oxygens (including phenoxy) is 1. The van der Waals surface area contributed by atoms with Gasteiger partial charge in [0.25, 0.3) is 0 Å². The van der Waals surface area contributed by atoms with Crippen molar-refractivity contribution in [2.24, 2.45) is 0 Å². The number of halogens is 2. The van der Waals surface area contributed by atoms with E-state index >= 15 is 0 Å². The van der Waals surface area contributed by atoms with Gasteiger partial charge in [0.05, 0.1) is 11.3 Å². The van der Waals surface area contributed by atoms with Gasteiger partial charge in [0, 0.05) is 0 Å². The largest absolute Gasteiger partial charge is 0.494 e. The molecule has 1 atom stereocenters. The first-order chi connectivity index (χ1) is 9.19. The van der Waals surface area contributed by atoms with E-state index in [2.05, 4.69) is 6.92 Å². The first-order valence-corrected chi connectivity index (χ1v) is 7.03. The number of hydrogen-bond donors (Lipinski definition) is 0. The van der Waals surface area contributed by atoms with Gasteiger partial charge in [-0.05, 0) is 48.6 Å². The Hall–Kier alpha value is -1.28. The highest BCUT2D eigenvalue weighted by Crippen LogP contribution is 2.23. The molecule has 102 valence electrons. The first kappa shape index (κ1) is 14.1. The van der Waals surface area contributed by atoms with E-state index < -0.39 is 0 Å². The maximum atomic E-state index is 13.0. The van der Waals surface area contributed by atoms with E-state index in [-0.39, 0.29) is 16.9 Å². The van der Waals surface area contributed by atoms with Crippen molar-refractivity contribution in [1.82, 2.24) is 0 Å². The summed E-state index contributed by atoms with van der Waals surface area (Å²) in [6.07, 6.45) is 10.3. The Morgan fingerprint density at radius 1 is 1.47 bits per heavy atom. The molecule has 1 unspecified atom stereocenters. The summed E-state index contributed by atoms with van der Waals surface area (Å²) in [5, 5.41) is 0.150. The van der Waals surface area contributed by atoms with Crippen molar-refractivity contribution in [3.8, 4) is 0 Å². The highest BCUT2D eigenvalue weighted by atomic mass is 35.5. The van der Waals surface area contributed by atoms with Crippen molar-refractivity contribution in [3.05, 3.63) is 52.5 Å². The average molecular weight is 281 g/mol. The molecule has 1 heterocycles. The summed E-state index contributed by atoms with van der Waals surface area (Å²) in [5.41, 5.74) is 2.27. The summed E-state index contributed by atoms with van der Waals surface area (Å²) in [6, 6.07) is 4.70. The molecule has 0 radical (unpaired) electrons. The van der Waals surface area contributed by atoms with Crippen LogP contribution in [-0.2, 0) is 4.74 Å². The third kappa shape index (κ3) is 4.10. The number of rotatable bonds is 4. The van der Waals surface area contributed by atoms with Gasteiger partial charge in [0.1, 0.15) is 11.9 Å². The van der Waals surface area contributed by atoms with E-state index in [1.807, 2.05) is 18.4 Å². The van der Waals surface area contributed by atoms with Crippen molar-refractivity contribution >= 4 is 17.7 Å². The van der Waals surface area contributed by atoms with Crippen LogP contribution in [0.5, 0.6) is 0 Å². The van der Waals surface area contributed by atoms with Crippen LogP contribution in [0.1, 0.15) is 38.2 Å². The molecule has 0 bridgehead atoms. The lowest BCUT2D eigenvalue weighted by molar-refractivity contribution is 0.159. The van der Waals surface area contributed by atoms with Crippen LogP contribution >= 0.6 is 11.6 Å². The molecule has 19 heavy (non-hydrogen) atoms. The van der Waals surface area contributed by atoms with Crippen molar-refractivity contribution < 1.29 is 9.13 Å². The monoisotopic (exact) mass is 280 g/mol. The zero-order valence-corrected chi connectivity index (χ0v) is 11.8. The van der Waals surface area contributed by atoms with Crippen molar-refractivity contribution in [2.45, 2.75) is 38.7 Å². The molecule has 0 N–H and O–H groups in total. The summed E-state index contributed by atoms with van der Waals surface area (Å²) >= 11 is 5.74. The lowest BCUT2D eigenvalue weighted by atomic mass is 10.0. The zero-order chi connectivity index (χ0) is 13.7. The molecule has 1 aliphatic rings. The molecule has 0 amide bonds. The Morgan fingerprint density at radius 3 is 2.95 bits per heavy atom. The third-order valence-electron chi connectivity index (χ3n) is 3.18. The van der Waals surface area contributed by atoms with Crippen LogP contribution in [0.25, 0.3) is 6.08 Å². The normalized spacial score (nSPS) is 19.3. The number of allylic oxidation sites excluding steroid dienone is 1. The average Bonchev–Trinajstić information content (AvgIpc) is 2.42. The van der Waals surface area contributed by atoms with Crippen LogP contribution in [0.4, 0.5) is 4.39 Å². The second kappa shape index (κ2) is 6.76. The van der Waals surface area contributed by atoms with Gasteiger partial charge >= 0.3 is 0 Å². The summed E-state index contributed by atoms with van der Waals surface area (Å²) in [7, 11) is 0. The van der Waals surface area contributed by atoms with Crippen molar-refractivity contribution in [1.29, 1.82) is 0 Å². The van der Waals surface area contributed by atoms with Gasteiger partial charge < -0.3 is 4.74 Å². The lowest BCUT2D eigenvalue weighted by Gasteiger charge is -2.20. The Kier molecular flexibility index (Phi) is 5.03. The SMILES string of the molecule is CCCC1=COC(C=Cc2ccc(F)c(Cl)c2)CC1. The fourth-order valence-corrected chi connectivity index (χ4v) is 2.31. The van der Waals surface area contributed by atoms with Crippen LogP contribution < -0.4 is 0 Å². The number of hydrogen-bond acceptors (Lipinski definition) is 1. The zero-order valence-electron chi connectivity index (χ0n) is 11.0. The molecule has 1 aromatic carbocycles. The fourth-order valence-electron chi connectivity index (χ4n) is 2.12. The molecule has 1 aliphatic heterocycles. The van der Waals surface area contributed by atoms with Crippen LogP contribution in [0, 0.1) is 5.82 Å². The van der Waals surface area contributed by atoms with Gasteiger partial charge in [-0.2, -0.15) is 0 Å². The van der Waals surface area contributed by atoms with E-state index in [1.165, 1.54) is 11.6 Å². The minimum absolute atomic E-state index is 0.101. The molecule has 1 aromatic rings. The van der Waals surface area contributed by atoms with Gasteiger partial charge in [-0.25, -0.2) is 4.39 Å². The van der Waals surface area contributed by atoms with Gasteiger partial charge in [0.15, 0.2) is 0 Å². The van der Waals surface area contributed by atoms with Crippen molar-refractivity contribution in [2.75, 3.05) is 0 Å². The summed E-state index contributed by atoms with van der Waals surface area (Å²) in [5.74, 6) is -0.389. The minimum atomic E-state index is -0.389. The maximum Gasteiger partial charge on any atom is 0.141 e. The highest BCUT2D eigenvalue weighted by Gasteiger charge is 2.12. The summed E-state index contributed by atoms with van der Waals surface area (Å²) < 4.78 is 18.7. The van der Waals surface area contributed by atoms with Gasteiger partial charge in [-0.1, -0.05) is 37.1 Å². The molecule has 2 rings (SSSR count). The predicted molar refractivity (Wildman–Crippen MR) is 77.5 cm³/mol. The molecular weight excluding hydrogens is 263 g/mol. The molecule has 0 aromatic heterocycles. The summed E-state index contributed by atoms with van der Waals surface area (Å²) in [4.78, 5) is 0. The molecule has 0 spiro atoms. The fraction of sp³-hybridized carbons (Fsp3) is 0.375. The van der Waals surface area contributed by atoms with E-state index in [1.54, 1.807) is 12.1 Å². The quantitative estimate of drug-likeness (QED) is 0.722. The van der Waals surface area contributed by atoms with Gasteiger partial charge in [-0.3, -0.25) is 0 Å². The Labute approximate surface area is 118 Å². The Morgan fingerprint density at radius 2 is 2.32 bits per heavy atom. The van der Waals surface area contributed by atoms with E-state index in [0.29, 0.717) is 0 Å². The standard InChI is InChI=1S/C16H18ClFO/c1-2-3-13-5-8-14(19-11-13)7-4-12-6-9-16(18)15(17)10-12/h4,6-7,9-11,14H,2-3,5,8H2,1H3. The topological polar surface area (TPSA) is 9.23 Å². The molecule has 3 heteroatoms. The van der Waals surface area contributed by atoms with Crippen LogP contribution in [0.2, 0.25) is 5.02 Å². The van der Waals surface area contributed by atoms with Gasteiger partial charge in [-0.15, -0.1) is 0 Å². The van der Waals surface area contributed by atoms with E-state index in [9.17, 15) is 4.39 Å². The van der Waals surface area contributed by atoms with E-state index in [0.717, 1.165) is 31.2 Å². The molecule has 0 fully saturated rings. The van der Waals surface area contributed by atoms with Crippen LogP contribution in [0.3, 0.4) is 0 Å². The molecule has 1 nitrogen and oxygen atoms in total. The second-order valence-electron chi connectivity index (χ2n) is 4.77. The highest BCUT2D eigenvalue weighted by molar-refractivity contribution is 6.30. The molecular formula is C16H18ClFO. The molecule has 0 saturated heterocycles. The molecule has 0 saturated carbocycles. The predicted octanol–water partition coefficient (Wildman–Crippen LogP) is 5.36. The van der Waals surface area contributed by atoms with Gasteiger partial charge in [0.2, 0.25) is 0 Å². The minimum Gasteiger partial charge on any atom is -0.494 e. The van der Waals surface area contributed by atoms with Crippen LogP contribution in [-0.4, -0.2) is 6.10 Å². The summed E-state index contributed by atoms with van der Waals surface area (Å²) in [6.45, 7) is 2.17.